The summed E-state index contributed by atoms with van der Waals surface area (Å²) >= 11 is -2.54. The van der Waals surface area contributed by atoms with Crippen LogP contribution in [-0.4, -0.2) is 32.8 Å². The van der Waals surface area contributed by atoms with Gasteiger partial charge < -0.3 is 9.66 Å². The van der Waals surface area contributed by atoms with Crippen molar-refractivity contribution in [1.29, 1.82) is 0 Å². The molecule has 0 aliphatic heterocycles. The van der Waals surface area contributed by atoms with Gasteiger partial charge in [0.1, 0.15) is 4.90 Å². The predicted octanol–water partition coefficient (Wildman–Crippen LogP) is 1.02. The number of fused-ring (bicyclic) bond motifs is 1. The van der Waals surface area contributed by atoms with Crippen LogP contribution in [0, 0.1) is 0 Å². The Morgan fingerprint density at radius 1 is 1.20 bits per heavy atom. The number of hydrogen-bond acceptors (Lipinski definition) is 5. The van der Waals surface area contributed by atoms with E-state index in [1.165, 1.54) is 6.07 Å². The van der Waals surface area contributed by atoms with E-state index < -0.39 is 32.1 Å². The molecule has 20 heavy (non-hydrogen) atoms. The van der Waals surface area contributed by atoms with Gasteiger partial charge in [0.05, 0.1) is 5.56 Å². The molecular weight excluding hydrogens is 308 g/mol. The van der Waals surface area contributed by atoms with Gasteiger partial charge in [-0.25, -0.2) is 4.79 Å². The van der Waals surface area contributed by atoms with Gasteiger partial charge in [-0.1, -0.05) is 6.07 Å². The van der Waals surface area contributed by atoms with Crippen molar-refractivity contribution < 1.29 is 31.6 Å². The van der Waals surface area contributed by atoms with Crippen LogP contribution in [0.5, 0.6) is 0 Å². The van der Waals surface area contributed by atoms with Gasteiger partial charge in [0.15, 0.2) is 0 Å². The average Bonchev–Trinajstić information content (AvgIpc) is 2.35. The van der Waals surface area contributed by atoms with E-state index in [1.807, 2.05) is 0 Å². The largest absolute Gasteiger partial charge is 0.768 e. The molecule has 1 atom stereocenters. The summed E-state index contributed by atoms with van der Waals surface area (Å²) in [5, 5.41) is 9.03. The molecule has 0 radical (unpaired) electrons. The molecule has 7 nitrogen and oxygen atoms in total. The van der Waals surface area contributed by atoms with Gasteiger partial charge in [0, 0.05) is 10.3 Å². The Labute approximate surface area is 115 Å². The van der Waals surface area contributed by atoms with Crippen LogP contribution in [0.25, 0.3) is 10.8 Å². The summed E-state index contributed by atoms with van der Waals surface area (Å²) in [6.45, 7) is 0. The molecule has 0 saturated heterocycles. The molecule has 0 heterocycles. The van der Waals surface area contributed by atoms with Crippen molar-refractivity contribution in [3.05, 3.63) is 35.9 Å². The van der Waals surface area contributed by atoms with Crippen LogP contribution in [0.15, 0.2) is 40.1 Å². The fourth-order valence-corrected chi connectivity index (χ4v) is 2.90. The minimum atomic E-state index is -4.64. The summed E-state index contributed by atoms with van der Waals surface area (Å²) in [7, 11) is -4.64. The van der Waals surface area contributed by atoms with Crippen LogP contribution in [-0.2, 0) is 21.2 Å². The molecule has 106 valence electrons. The highest BCUT2D eigenvalue weighted by Crippen LogP contribution is 2.27. The first-order chi connectivity index (χ1) is 9.20. The number of rotatable bonds is 3. The standard InChI is InChI=1S/C11H8O7S2/c12-11(13)7-3-6-4-8(19(14)15)1-2-9(6)10(5-7)20(16,17)18/h1-5H,(H,12,13)(H,14,15)(H,16,17,18)/p-1. The first-order valence-electron chi connectivity index (χ1n) is 5.08. The number of carbonyl (C=O) groups is 1. The highest BCUT2D eigenvalue weighted by Gasteiger charge is 2.18. The van der Waals surface area contributed by atoms with Crippen molar-refractivity contribution in [2.75, 3.05) is 0 Å². The fraction of sp³-hybridized carbons (Fsp3) is 0. The highest BCUT2D eigenvalue weighted by molar-refractivity contribution is 7.86. The van der Waals surface area contributed by atoms with Crippen LogP contribution in [0.3, 0.4) is 0 Å². The van der Waals surface area contributed by atoms with Crippen molar-refractivity contribution in [1.82, 2.24) is 0 Å². The van der Waals surface area contributed by atoms with E-state index in [4.69, 9.17) is 9.66 Å². The summed E-state index contributed by atoms with van der Waals surface area (Å²) in [4.78, 5) is 10.2. The van der Waals surface area contributed by atoms with Gasteiger partial charge >= 0.3 is 5.97 Å². The van der Waals surface area contributed by atoms with Gasteiger partial charge in [-0.2, -0.15) is 8.42 Å². The van der Waals surface area contributed by atoms with Gasteiger partial charge in [-0.3, -0.25) is 8.76 Å². The second kappa shape index (κ2) is 4.94. The van der Waals surface area contributed by atoms with E-state index in [-0.39, 0.29) is 21.2 Å². The zero-order chi connectivity index (χ0) is 15.1. The Balaban J connectivity index is 2.91. The number of hydrogen-bond donors (Lipinski definition) is 2. The van der Waals surface area contributed by atoms with Crippen LogP contribution in [0.4, 0.5) is 0 Å². The second-order valence-corrected chi connectivity index (χ2v) is 6.20. The fourth-order valence-electron chi connectivity index (χ4n) is 1.75. The lowest BCUT2D eigenvalue weighted by Gasteiger charge is -2.09. The highest BCUT2D eigenvalue weighted by atomic mass is 32.2. The minimum Gasteiger partial charge on any atom is -0.768 e. The molecule has 0 aromatic heterocycles. The first-order valence-corrected chi connectivity index (χ1v) is 7.59. The third-order valence-corrected chi connectivity index (χ3v) is 4.14. The van der Waals surface area contributed by atoms with E-state index in [9.17, 15) is 22.0 Å². The molecule has 2 aromatic carbocycles. The van der Waals surface area contributed by atoms with E-state index in [1.54, 1.807) is 0 Å². The SMILES string of the molecule is O=C(O)c1cc(S(=O)(=O)O)c2ccc(S(=O)[O-])cc2c1. The van der Waals surface area contributed by atoms with E-state index >= 15 is 0 Å². The third kappa shape index (κ3) is 2.70. The van der Waals surface area contributed by atoms with Crippen molar-refractivity contribution in [2.45, 2.75) is 9.79 Å². The molecule has 0 saturated carbocycles. The lowest BCUT2D eigenvalue weighted by molar-refractivity contribution is 0.0697. The topological polar surface area (TPSA) is 132 Å². The summed E-state index contributed by atoms with van der Waals surface area (Å²) < 4.78 is 53.4. The van der Waals surface area contributed by atoms with Gasteiger partial charge in [-0.15, -0.1) is 0 Å². The van der Waals surface area contributed by atoms with E-state index in [0.717, 1.165) is 24.3 Å². The number of carboxylic acids is 1. The molecule has 0 spiro atoms. The van der Waals surface area contributed by atoms with Gasteiger partial charge in [-0.05, 0) is 40.7 Å². The van der Waals surface area contributed by atoms with Crippen LogP contribution in [0.1, 0.15) is 10.4 Å². The summed E-state index contributed by atoms with van der Waals surface area (Å²) in [5.74, 6) is -1.40. The van der Waals surface area contributed by atoms with Crippen LogP contribution < -0.4 is 0 Å². The molecule has 2 aromatic rings. The van der Waals surface area contributed by atoms with Crippen LogP contribution >= 0.6 is 0 Å². The van der Waals surface area contributed by atoms with Crippen molar-refractivity contribution in [3.8, 4) is 0 Å². The molecule has 0 aliphatic carbocycles. The Morgan fingerprint density at radius 3 is 2.35 bits per heavy atom. The van der Waals surface area contributed by atoms with E-state index in [0.29, 0.717) is 0 Å². The number of aromatic carboxylic acids is 1. The average molecular weight is 315 g/mol. The number of carboxylic acid groups (broad SMARTS) is 1. The van der Waals surface area contributed by atoms with Gasteiger partial charge in [0.2, 0.25) is 0 Å². The minimum absolute atomic E-state index is 0.0340. The molecule has 0 bridgehead atoms. The molecule has 2 N–H and O–H groups in total. The second-order valence-electron chi connectivity index (χ2n) is 3.87. The molecular formula is C11H7O7S2-. The summed E-state index contributed by atoms with van der Waals surface area (Å²) in [6, 6.07) is 5.41. The van der Waals surface area contributed by atoms with Crippen molar-refractivity contribution in [2.24, 2.45) is 0 Å². The Bertz CT molecular complexity index is 834. The maximum Gasteiger partial charge on any atom is 0.335 e. The quantitative estimate of drug-likeness (QED) is 0.638. The zero-order valence-electron chi connectivity index (χ0n) is 9.64. The Hall–Kier alpha value is -1.81. The first kappa shape index (κ1) is 14.6. The van der Waals surface area contributed by atoms with E-state index in [2.05, 4.69) is 0 Å². The maximum atomic E-state index is 11.3. The summed E-state index contributed by atoms with van der Waals surface area (Å²) in [6.07, 6.45) is 0. The van der Waals surface area contributed by atoms with Crippen molar-refractivity contribution >= 4 is 37.9 Å². The summed E-state index contributed by atoms with van der Waals surface area (Å²) in [5.41, 5.74) is -0.376. The van der Waals surface area contributed by atoms with Gasteiger partial charge in [0.25, 0.3) is 10.1 Å². The number of benzene rings is 2. The van der Waals surface area contributed by atoms with Crippen LogP contribution in [0.2, 0.25) is 0 Å². The molecule has 0 fully saturated rings. The lowest BCUT2D eigenvalue weighted by Crippen LogP contribution is -2.04. The maximum absolute atomic E-state index is 11.3. The molecule has 2 rings (SSSR count). The Morgan fingerprint density at radius 2 is 1.85 bits per heavy atom. The normalized spacial score (nSPS) is 13.3. The zero-order valence-corrected chi connectivity index (χ0v) is 11.3. The predicted molar refractivity (Wildman–Crippen MR) is 67.9 cm³/mol. The van der Waals surface area contributed by atoms with Crippen molar-refractivity contribution in [3.63, 3.8) is 0 Å². The smallest absolute Gasteiger partial charge is 0.335 e. The molecule has 0 aliphatic rings. The molecule has 1 unspecified atom stereocenters. The third-order valence-electron chi connectivity index (χ3n) is 2.60. The molecule has 0 amide bonds. The monoisotopic (exact) mass is 315 g/mol. The molecule has 9 heteroatoms. The Kier molecular flexibility index (Phi) is 3.61. The lowest BCUT2D eigenvalue weighted by atomic mass is 10.1.